The van der Waals surface area contributed by atoms with Gasteiger partial charge in [0.1, 0.15) is 0 Å². The van der Waals surface area contributed by atoms with Crippen molar-refractivity contribution in [3.8, 4) is 5.82 Å². The van der Waals surface area contributed by atoms with Gasteiger partial charge < -0.3 is 15.1 Å². The summed E-state index contributed by atoms with van der Waals surface area (Å²) in [5.74, 6) is -3.10. The van der Waals surface area contributed by atoms with Gasteiger partial charge in [0.15, 0.2) is 29.1 Å². The molecular formula is C19H18F3N7O. The molecule has 1 saturated heterocycles. The van der Waals surface area contributed by atoms with Crippen molar-refractivity contribution in [1.29, 1.82) is 0 Å². The van der Waals surface area contributed by atoms with E-state index in [1.807, 2.05) is 24.0 Å². The number of halogens is 3. The highest BCUT2D eigenvalue weighted by molar-refractivity contribution is 5.89. The molecule has 4 rings (SSSR count). The number of carbonyl (C=O) groups excluding carboxylic acids is 1. The van der Waals surface area contributed by atoms with Crippen molar-refractivity contribution in [3.63, 3.8) is 0 Å². The molecule has 0 aliphatic carbocycles. The minimum absolute atomic E-state index is 0.346. The molecule has 8 nitrogen and oxygen atoms in total. The van der Waals surface area contributed by atoms with Crippen LogP contribution in [0.25, 0.3) is 5.82 Å². The topological polar surface area (TPSA) is 79.2 Å². The number of hydrogen-bond acceptors (Lipinski definition) is 5. The van der Waals surface area contributed by atoms with E-state index < -0.39 is 29.2 Å². The molecule has 2 amide bonds. The molecule has 11 heteroatoms. The van der Waals surface area contributed by atoms with Gasteiger partial charge in [-0.3, -0.25) is 0 Å². The van der Waals surface area contributed by atoms with E-state index in [0.29, 0.717) is 37.8 Å². The lowest BCUT2D eigenvalue weighted by Crippen LogP contribution is -2.50. The predicted molar refractivity (Wildman–Crippen MR) is 103 cm³/mol. The molecule has 1 aromatic carbocycles. The number of piperazine rings is 1. The van der Waals surface area contributed by atoms with Crippen LogP contribution >= 0.6 is 0 Å². The van der Waals surface area contributed by atoms with Gasteiger partial charge in [0, 0.05) is 32.4 Å². The molecule has 2 aromatic heterocycles. The third-order valence-corrected chi connectivity index (χ3v) is 4.76. The molecule has 1 aliphatic heterocycles. The Morgan fingerprint density at radius 1 is 0.933 bits per heavy atom. The molecule has 3 heterocycles. The summed E-state index contributed by atoms with van der Waals surface area (Å²) >= 11 is 0. The summed E-state index contributed by atoms with van der Waals surface area (Å²) in [5, 5.41) is 15.0. The van der Waals surface area contributed by atoms with Crippen molar-refractivity contribution in [2.24, 2.45) is 0 Å². The Bertz CT molecular complexity index is 1060. The summed E-state index contributed by atoms with van der Waals surface area (Å²) in [6.45, 7) is 3.55. The van der Waals surface area contributed by atoms with E-state index in [1.54, 1.807) is 16.9 Å². The first-order valence-electron chi connectivity index (χ1n) is 9.23. The summed E-state index contributed by atoms with van der Waals surface area (Å²) in [5.41, 5.74) is 0.468. The number of aryl methyl sites for hydroxylation is 1. The highest BCUT2D eigenvalue weighted by Gasteiger charge is 2.24. The number of urea groups is 1. The van der Waals surface area contributed by atoms with Crippen LogP contribution in [0.1, 0.15) is 5.69 Å². The number of nitrogens with zero attached hydrogens (tertiary/aromatic N) is 6. The number of nitrogens with one attached hydrogen (secondary N) is 1. The van der Waals surface area contributed by atoms with Gasteiger partial charge in [-0.05, 0) is 37.3 Å². The van der Waals surface area contributed by atoms with Gasteiger partial charge in [-0.1, -0.05) is 0 Å². The van der Waals surface area contributed by atoms with Crippen LogP contribution in [0.2, 0.25) is 0 Å². The van der Waals surface area contributed by atoms with E-state index in [2.05, 4.69) is 20.6 Å². The summed E-state index contributed by atoms with van der Waals surface area (Å²) in [4.78, 5) is 15.8. The minimum Gasteiger partial charge on any atom is -0.352 e. The van der Waals surface area contributed by atoms with Crippen molar-refractivity contribution in [2.45, 2.75) is 6.92 Å². The standard InChI is InChI=1S/C19H18F3N7O/c1-12-6-7-29(26-12)16-5-4-15(24-25-16)27-8-10-28(11-9-27)19(30)23-14-3-2-13(20)17(21)18(14)22/h2-7H,8-11H2,1H3,(H,23,30). The van der Waals surface area contributed by atoms with Gasteiger partial charge in [0.05, 0.1) is 11.4 Å². The molecule has 1 aliphatic rings. The zero-order chi connectivity index (χ0) is 21.3. The average molecular weight is 417 g/mol. The molecule has 0 bridgehead atoms. The van der Waals surface area contributed by atoms with Crippen molar-refractivity contribution in [3.05, 3.63) is 59.7 Å². The molecule has 1 N–H and O–H groups in total. The van der Waals surface area contributed by atoms with E-state index in [9.17, 15) is 18.0 Å². The monoisotopic (exact) mass is 417 g/mol. The number of carbonyl (C=O) groups is 1. The second-order valence-corrected chi connectivity index (χ2v) is 6.78. The van der Waals surface area contributed by atoms with Crippen molar-refractivity contribution in [2.75, 3.05) is 36.4 Å². The molecular weight excluding hydrogens is 399 g/mol. The molecule has 0 atom stereocenters. The fraction of sp³-hybridized carbons (Fsp3) is 0.263. The van der Waals surface area contributed by atoms with E-state index in [-0.39, 0.29) is 0 Å². The Balaban J connectivity index is 1.35. The largest absolute Gasteiger partial charge is 0.352 e. The van der Waals surface area contributed by atoms with Gasteiger partial charge in [-0.15, -0.1) is 10.2 Å². The number of aromatic nitrogens is 4. The molecule has 0 saturated carbocycles. The molecule has 0 radical (unpaired) electrons. The van der Waals surface area contributed by atoms with Crippen molar-refractivity contribution < 1.29 is 18.0 Å². The third kappa shape index (κ3) is 3.91. The number of anilines is 2. The van der Waals surface area contributed by atoms with Gasteiger partial charge in [0.25, 0.3) is 0 Å². The van der Waals surface area contributed by atoms with Crippen molar-refractivity contribution in [1.82, 2.24) is 24.9 Å². The number of amides is 2. The smallest absolute Gasteiger partial charge is 0.322 e. The lowest BCUT2D eigenvalue weighted by atomic mass is 10.2. The number of rotatable bonds is 3. The lowest BCUT2D eigenvalue weighted by molar-refractivity contribution is 0.208. The molecule has 0 spiro atoms. The van der Waals surface area contributed by atoms with Crippen LogP contribution in [0.3, 0.4) is 0 Å². The predicted octanol–water partition coefficient (Wildman–Crippen LogP) is 2.74. The zero-order valence-corrected chi connectivity index (χ0v) is 16.0. The van der Waals surface area contributed by atoms with E-state index >= 15 is 0 Å². The normalized spacial score (nSPS) is 14.1. The third-order valence-electron chi connectivity index (χ3n) is 4.76. The fourth-order valence-corrected chi connectivity index (χ4v) is 3.11. The van der Waals surface area contributed by atoms with Crippen LogP contribution in [0.5, 0.6) is 0 Å². The minimum atomic E-state index is -1.62. The van der Waals surface area contributed by atoms with Gasteiger partial charge >= 0.3 is 6.03 Å². The highest BCUT2D eigenvalue weighted by atomic mass is 19.2. The Kier molecular flexibility index (Phi) is 5.25. The molecule has 1 fully saturated rings. The number of hydrogen-bond donors (Lipinski definition) is 1. The summed E-state index contributed by atoms with van der Waals surface area (Å²) in [6.07, 6.45) is 1.80. The van der Waals surface area contributed by atoms with E-state index in [1.165, 1.54) is 4.90 Å². The Labute approximate surface area is 169 Å². The zero-order valence-electron chi connectivity index (χ0n) is 16.0. The Morgan fingerprint density at radius 2 is 1.63 bits per heavy atom. The first-order valence-corrected chi connectivity index (χ1v) is 9.23. The molecule has 156 valence electrons. The van der Waals surface area contributed by atoms with Gasteiger partial charge in [-0.2, -0.15) is 5.10 Å². The Hall–Kier alpha value is -3.63. The second kappa shape index (κ2) is 8.01. The Morgan fingerprint density at radius 3 is 2.27 bits per heavy atom. The quantitative estimate of drug-likeness (QED) is 0.663. The summed E-state index contributed by atoms with van der Waals surface area (Å²) in [6, 6.07) is 6.66. The first-order chi connectivity index (χ1) is 14.4. The first kappa shape index (κ1) is 19.7. The van der Waals surface area contributed by atoms with Crippen LogP contribution in [-0.4, -0.2) is 57.1 Å². The number of benzene rings is 1. The van der Waals surface area contributed by atoms with E-state index in [0.717, 1.165) is 17.8 Å². The summed E-state index contributed by atoms with van der Waals surface area (Å²) in [7, 11) is 0. The molecule has 3 aromatic rings. The van der Waals surface area contributed by atoms with Crippen LogP contribution in [0, 0.1) is 24.4 Å². The van der Waals surface area contributed by atoms with Gasteiger partial charge in [-0.25, -0.2) is 22.6 Å². The van der Waals surface area contributed by atoms with Crippen LogP contribution in [0.15, 0.2) is 36.5 Å². The lowest BCUT2D eigenvalue weighted by Gasteiger charge is -2.35. The average Bonchev–Trinajstić information content (AvgIpc) is 3.20. The van der Waals surface area contributed by atoms with Crippen LogP contribution in [-0.2, 0) is 0 Å². The SMILES string of the molecule is Cc1ccn(-c2ccc(N3CCN(C(=O)Nc4ccc(F)c(F)c4F)CC3)nn2)n1. The maximum atomic E-state index is 13.8. The fourth-order valence-electron chi connectivity index (χ4n) is 3.11. The maximum Gasteiger partial charge on any atom is 0.322 e. The second-order valence-electron chi connectivity index (χ2n) is 6.78. The molecule has 30 heavy (non-hydrogen) atoms. The maximum absolute atomic E-state index is 13.8. The van der Waals surface area contributed by atoms with E-state index in [4.69, 9.17) is 0 Å². The highest BCUT2D eigenvalue weighted by Crippen LogP contribution is 2.21. The van der Waals surface area contributed by atoms with Gasteiger partial charge in [0.2, 0.25) is 0 Å². The molecule has 0 unspecified atom stereocenters. The van der Waals surface area contributed by atoms with Crippen LogP contribution in [0.4, 0.5) is 29.5 Å². The summed E-state index contributed by atoms with van der Waals surface area (Å²) < 4.78 is 41.7. The van der Waals surface area contributed by atoms with Crippen LogP contribution < -0.4 is 10.2 Å². The van der Waals surface area contributed by atoms with Crippen molar-refractivity contribution >= 4 is 17.5 Å².